The molecule has 0 atom stereocenters. The number of hydrogen-bond donors (Lipinski definition) is 2. The summed E-state index contributed by atoms with van der Waals surface area (Å²) in [5.41, 5.74) is 6.62. The number of rotatable bonds is 5. The van der Waals surface area contributed by atoms with E-state index in [4.69, 9.17) is 5.73 Å². The molecule has 1 aliphatic rings. The van der Waals surface area contributed by atoms with Gasteiger partial charge in [0, 0.05) is 25.3 Å². The van der Waals surface area contributed by atoms with Crippen molar-refractivity contribution in [1.82, 2.24) is 4.31 Å². The van der Waals surface area contributed by atoms with Crippen LogP contribution in [0.1, 0.15) is 12.8 Å². The van der Waals surface area contributed by atoms with Crippen LogP contribution in [-0.2, 0) is 10.0 Å². The van der Waals surface area contributed by atoms with Crippen molar-refractivity contribution >= 4 is 21.7 Å². The number of benzene rings is 1. The Hall–Kier alpha value is -1.74. The molecule has 1 aliphatic heterocycles. The predicted molar refractivity (Wildman–Crippen MR) is 85.8 cm³/mol. The van der Waals surface area contributed by atoms with Crippen LogP contribution in [0.15, 0.2) is 35.3 Å². The highest BCUT2D eigenvalue weighted by Crippen LogP contribution is 2.22. The van der Waals surface area contributed by atoms with Crippen molar-refractivity contribution in [2.24, 2.45) is 16.6 Å². The molecule has 0 unspecified atom stereocenters. The van der Waals surface area contributed by atoms with Crippen LogP contribution in [0, 0.1) is 5.92 Å². The zero-order valence-corrected chi connectivity index (χ0v) is 13.3. The lowest BCUT2D eigenvalue weighted by molar-refractivity contribution is 0.205. The molecule has 1 heterocycles. The average Bonchev–Trinajstić information content (AvgIpc) is 2.54. The lowest BCUT2D eigenvalue weighted by Crippen LogP contribution is -2.41. The molecular formula is C14H20F2N4O2S. The summed E-state index contributed by atoms with van der Waals surface area (Å²) < 4.78 is 48.6. The molecule has 0 spiro atoms. The SMILES string of the molecule is NC(=NCC1CCN(S(=O)(=O)C(F)F)CC1)Nc1ccccc1. The van der Waals surface area contributed by atoms with Gasteiger partial charge < -0.3 is 11.1 Å². The number of nitrogens with two attached hydrogens (primary N) is 1. The minimum absolute atomic E-state index is 0.0961. The predicted octanol–water partition coefficient (Wildman–Crippen LogP) is 1.68. The molecule has 1 fully saturated rings. The fraction of sp³-hybridized carbons (Fsp3) is 0.500. The number of guanidine groups is 1. The van der Waals surface area contributed by atoms with Crippen LogP contribution in [0.25, 0.3) is 0 Å². The second-order valence-electron chi connectivity index (χ2n) is 5.36. The minimum atomic E-state index is -4.47. The molecule has 128 valence electrons. The van der Waals surface area contributed by atoms with Crippen LogP contribution in [-0.4, -0.2) is 44.1 Å². The summed E-state index contributed by atoms with van der Waals surface area (Å²) in [4.78, 5) is 4.23. The molecule has 9 heteroatoms. The van der Waals surface area contributed by atoms with Gasteiger partial charge in [0.2, 0.25) is 0 Å². The van der Waals surface area contributed by atoms with E-state index in [-0.39, 0.29) is 25.0 Å². The van der Waals surface area contributed by atoms with Gasteiger partial charge in [-0.1, -0.05) is 18.2 Å². The third-order valence-corrected chi connectivity index (χ3v) is 5.26. The van der Waals surface area contributed by atoms with Crippen molar-refractivity contribution < 1.29 is 17.2 Å². The number of sulfonamides is 1. The highest BCUT2D eigenvalue weighted by molar-refractivity contribution is 7.89. The zero-order valence-electron chi connectivity index (χ0n) is 12.5. The molecule has 0 saturated carbocycles. The van der Waals surface area contributed by atoms with Crippen LogP contribution in [0.5, 0.6) is 0 Å². The Morgan fingerprint density at radius 1 is 1.30 bits per heavy atom. The highest BCUT2D eigenvalue weighted by Gasteiger charge is 2.34. The second-order valence-corrected chi connectivity index (χ2v) is 7.27. The number of nitrogens with one attached hydrogen (secondary N) is 1. The van der Waals surface area contributed by atoms with E-state index >= 15 is 0 Å². The maximum Gasteiger partial charge on any atom is 0.350 e. The summed E-state index contributed by atoms with van der Waals surface area (Å²) in [7, 11) is -4.47. The Morgan fingerprint density at radius 2 is 1.91 bits per heavy atom. The van der Waals surface area contributed by atoms with E-state index in [2.05, 4.69) is 10.3 Å². The number of alkyl halides is 2. The Morgan fingerprint density at radius 3 is 2.48 bits per heavy atom. The molecule has 1 saturated heterocycles. The van der Waals surface area contributed by atoms with Gasteiger partial charge in [-0.3, -0.25) is 4.99 Å². The third-order valence-electron chi connectivity index (χ3n) is 3.72. The average molecular weight is 346 g/mol. The standard InChI is InChI=1S/C14H20F2N4O2S/c15-13(16)23(21,22)20-8-6-11(7-9-20)10-18-14(17)19-12-4-2-1-3-5-12/h1-5,11,13H,6-10H2,(H3,17,18,19). The van der Waals surface area contributed by atoms with Gasteiger partial charge >= 0.3 is 5.76 Å². The van der Waals surface area contributed by atoms with Crippen molar-refractivity contribution in [3.05, 3.63) is 30.3 Å². The van der Waals surface area contributed by atoms with Crippen molar-refractivity contribution in [1.29, 1.82) is 0 Å². The summed E-state index contributed by atoms with van der Waals surface area (Å²) in [6, 6.07) is 9.34. The summed E-state index contributed by atoms with van der Waals surface area (Å²) in [5.74, 6) is -2.95. The first-order valence-electron chi connectivity index (χ1n) is 7.28. The summed E-state index contributed by atoms with van der Waals surface area (Å²) >= 11 is 0. The van der Waals surface area contributed by atoms with Crippen LogP contribution in [0.4, 0.5) is 14.5 Å². The van der Waals surface area contributed by atoms with Crippen molar-refractivity contribution in [2.75, 3.05) is 25.0 Å². The maximum atomic E-state index is 12.5. The molecule has 23 heavy (non-hydrogen) atoms. The van der Waals surface area contributed by atoms with E-state index in [1.165, 1.54) is 0 Å². The number of aliphatic imine (C=N–C) groups is 1. The molecule has 1 aromatic rings. The number of hydrogen-bond acceptors (Lipinski definition) is 3. The van der Waals surface area contributed by atoms with Gasteiger partial charge in [-0.15, -0.1) is 0 Å². The van der Waals surface area contributed by atoms with Gasteiger partial charge in [0.1, 0.15) is 0 Å². The van der Waals surface area contributed by atoms with Gasteiger partial charge in [-0.2, -0.15) is 13.1 Å². The highest BCUT2D eigenvalue weighted by atomic mass is 32.2. The van der Waals surface area contributed by atoms with E-state index in [9.17, 15) is 17.2 Å². The number of piperidine rings is 1. The smallest absolute Gasteiger partial charge is 0.350 e. The number of halogens is 2. The molecule has 0 aromatic heterocycles. The quantitative estimate of drug-likeness (QED) is 0.627. The zero-order chi connectivity index (χ0) is 16.9. The normalized spacial score (nSPS) is 18.3. The van der Waals surface area contributed by atoms with Crippen molar-refractivity contribution in [3.8, 4) is 0 Å². The van der Waals surface area contributed by atoms with Crippen molar-refractivity contribution in [3.63, 3.8) is 0 Å². The second kappa shape index (κ2) is 7.69. The van der Waals surface area contributed by atoms with E-state index < -0.39 is 15.8 Å². The van der Waals surface area contributed by atoms with Crippen LogP contribution in [0.2, 0.25) is 0 Å². The van der Waals surface area contributed by atoms with E-state index in [0.717, 1.165) is 9.99 Å². The first-order valence-corrected chi connectivity index (χ1v) is 8.79. The summed E-state index contributed by atoms with van der Waals surface area (Å²) in [6.07, 6.45) is 0.988. The lowest BCUT2D eigenvalue weighted by Gasteiger charge is -2.30. The van der Waals surface area contributed by atoms with Crippen LogP contribution >= 0.6 is 0 Å². The number of nitrogens with zero attached hydrogens (tertiary/aromatic N) is 2. The fourth-order valence-electron chi connectivity index (χ4n) is 2.40. The fourth-order valence-corrected chi connectivity index (χ4v) is 3.34. The first-order chi connectivity index (χ1) is 10.9. The molecular weight excluding hydrogens is 326 g/mol. The molecule has 2 rings (SSSR count). The monoisotopic (exact) mass is 346 g/mol. The molecule has 6 nitrogen and oxygen atoms in total. The van der Waals surface area contributed by atoms with E-state index in [0.29, 0.717) is 19.4 Å². The number of anilines is 1. The van der Waals surface area contributed by atoms with Crippen LogP contribution in [0.3, 0.4) is 0 Å². The number of para-hydroxylation sites is 1. The third kappa shape index (κ3) is 4.87. The Kier molecular flexibility index (Phi) is 5.89. The Labute approximate surface area is 134 Å². The van der Waals surface area contributed by atoms with E-state index in [1.807, 2.05) is 30.3 Å². The minimum Gasteiger partial charge on any atom is -0.370 e. The summed E-state index contributed by atoms with van der Waals surface area (Å²) in [6.45, 7) is 0.631. The summed E-state index contributed by atoms with van der Waals surface area (Å²) in [5, 5.41) is 2.95. The Balaban J connectivity index is 1.81. The van der Waals surface area contributed by atoms with Crippen molar-refractivity contribution in [2.45, 2.75) is 18.6 Å². The molecule has 0 radical (unpaired) electrons. The van der Waals surface area contributed by atoms with Gasteiger partial charge in [0.05, 0.1) is 0 Å². The molecule has 0 aliphatic carbocycles. The first kappa shape index (κ1) is 17.6. The van der Waals surface area contributed by atoms with Crippen LogP contribution < -0.4 is 11.1 Å². The van der Waals surface area contributed by atoms with Gasteiger partial charge in [-0.25, -0.2) is 8.42 Å². The molecule has 1 aromatic carbocycles. The van der Waals surface area contributed by atoms with Gasteiger partial charge in [0.15, 0.2) is 5.96 Å². The van der Waals surface area contributed by atoms with Gasteiger partial charge in [-0.05, 0) is 30.9 Å². The largest absolute Gasteiger partial charge is 0.370 e. The lowest BCUT2D eigenvalue weighted by atomic mass is 9.98. The topological polar surface area (TPSA) is 87.8 Å². The Bertz CT molecular complexity index is 629. The van der Waals surface area contributed by atoms with E-state index in [1.54, 1.807) is 0 Å². The molecule has 0 amide bonds. The molecule has 0 bridgehead atoms. The maximum absolute atomic E-state index is 12.5. The van der Waals surface area contributed by atoms with Gasteiger partial charge in [0.25, 0.3) is 10.0 Å². The molecule has 3 N–H and O–H groups in total.